The summed E-state index contributed by atoms with van der Waals surface area (Å²) in [7, 11) is 0. The third-order valence-electron chi connectivity index (χ3n) is 5.51. The number of halogens is 1. The van der Waals surface area contributed by atoms with Crippen molar-refractivity contribution in [3.05, 3.63) is 53.0 Å². The number of hydrogen-bond donors (Lipinski definition) is 1. The number of aromatic nitrogens is 7. The van der Waals surface area contributed by atoms with Crippen molar-refractivity contribution in [3.8, 4) is 5.69 Å². The van der Waals surface area contributed by atoms with Crippen molar-refractivity contribution in [2.24, 2.45) is 0 Å². The topological polar surface area (TPSA) is 103 Å². The van der Waals surface area contributed by atoms with E-state index < -0.39 is 11.7 Å². The first-order chi connectivity index (χ1) is 15.0. The summed E-state index contributed by atoms with van der Waals surface area (Å²) in [5.74, 6) is 0.510. The Morgan fingerprint density at radius 3 is 2.81 bits per heavy atom. The van der Waals surface area contributed by atoms with Crippen molar-refractivity contribution in [2.45, 2.75) is 46.1 Å². The molecule has 3 aromatic heterocycles. The molecule has 0 aliphatic carbocycles. The van der Waals surface area contributed by atoms with Gasteiger partial charge in [0.25, 0.3) is 5.91 Å². The van der Waals surface area contributed by atoms with Gasteiger partial charge in [-0.05, 0) is 61.4 Å². The third kappa shape index (κ3) is 3.43. The largest absolute Gasteiger partial charge is 0.319 e. The van der Waals surface area contributed by atoms with Crippen molar-refractivity contribution in [2.75, 3.05) is 5.32 Å². The predicted molar refractivity (Wildman–Crippen MR) is 112 cm³/mol. The molecular weight excluding hydrogens is 399 g/mol. The lowest BCUT2D eigenvalue weighted by Gasteiger charge is -2.10. The maximum atomic E-state index is 14.5. The number of fused-ring (bicyclic) bond motifs is 3. The van der Waals surface area contributed by atoms with Gasteiger partial charge in [0.2, 0.25) is 0 Å². The van der Waals surface area contributed by atoms with Gasteiger partial charge >= 0.3 is 0 Å². The second-order valence-electron chi connectivity index (χ2n) is 7.73. The zero-order valence-electron chi connectivity index (χ0n) is 17.3. The van der Waals surface area contributed by atoms with Crippen molar-refractivity contribution >= 4 is 22.8 Å². The van der Waals surface area contributed by atoms with Gasteiger partial charge in [-0.2, -0.15) is 4.68 Å². The highest BCUT2D eigenvalue weighted by atomic mass is 19.1. The van der Waals surface area contributed by atoms with Crippen LogP contribution < -0.4 is 5.32 Å². The van der Waals surface area contributed by atoms with Crippen LogP contribution in [-0.2, 0) is 13.0 Å². The van der Waals surface area contributed by atoms with Gasteiger partial charge in [0, 0.05) is 18.7 Å². The number of carbonyl (C=O) groups is 1. The number of pyridine rings is 1. The fourth-order valence-corrected chi connectivity index (χ4v) is 3.99. The van der Waals surface area contributed by atoms with Crippen LogP contribution in [0.4, 0.5) is 10.1 Å². The number of aryl methyl sites for hydroxylation is 4. The third-order valence-corrected chi connectivity index (χ3v) is 5.51. The summed E-state index contributed by atoms with van der Waals surface area (Å²) in [5.41, 5.74) is 2.94. The number of benzene rings is 1. The Balaban J connectivity index is 1.53. The molecule has 4 aromatic rings. The van der Waals surface area contributed by atoms with Gasteiger partial charge in [-0.15, -0.1) is 5.10 Å². The Bertz CT molecular complexity index is 1310. The maximum Gasteiger partial charge on any atom is 0.258 e. The molecule has 158 valence electrons. The normalized spacial score (nSPS) is 13.8. The number of hydrogen-bond acceptors (Lipinski definition) is 6. The SMILES string of the molecule is Cc1cc(C(=O)Nc2cc(-n3nnnc3C)ccc2F)c2nc3n(c2n1)CCCCC3. The molecule has 4 heterocycles. The Morgan fingerprint density at radius 2 is 2.00 bits per heavy atom. The Hall–Kier alpha value is -3.69. The molecule has 0 saturated heterocycles. The number of carbonyl (C=O) groups excluding carboxylic acids is 1. The van der Waals surface area contributed by atoms with Gasteiger partial charge in [-0.3, -0.25) is 4.79 Å². The zero-order chi connectivity index (χ0) is 21.5. The average molecular weight is 420 g/mol. The van der Waals surface area contributed by atoms with Crippen LogP contribution >= 0.6 is 0 Å². The molecule has 1 N–H and O–H groups in total. The number of amides is 1. The summed E-state index contributed by atoms with van der Waals surface area (Å²) < 4.78 is 18.1. The molecule has 0 bridgehead atoms. The van der Waals surface area contributed by atoms with Gasteiger partial charge in [-0.1, -0.05) is 6.42 Å². The molecule has 0 radical (unpaired) electrons. The molecular formula is C21H21FN8O. The van der Waals surface area contributed by atoms with E-state index >= 15 is 0 Å². The van der Waals surface area contributed by atoms with Crippen LogP contribution in [0.15, 0.2) is 24.3 Å². The molecule has 5 rings (SSSR count). The molecule has 0 atom stereocenters. The summed E-state index contributed by atoms with van der Waals surface area (Å²) in [5, 5.41) is 14.0. The molecule has 31 heavy (non-hydrogen) atoms. The average Bonchev–Trinajstić information content (AvgIpc) is 3.24. The van der Waals surface area contributed by atoms with E-state index in [0.29, 0.717) is 33.9 Å². The van der Waals surface area contributed by atoms with Crippen molar-refractivity contribution in [3.63, 3.8) is 0 Å². The van der Waals surface area contributed by atoms with Crippen molar-refractivity contribution in [1.29, 1.82) is 0 Å². The van der Waals surface area contributed by atoms with Gasteiger partial charge in [0.15, 0.2) is 11.5 Å². The van der Waals surface area contributed by atoms with Gasteiger partial charge < -0.3 is 9.88 Å². The molecule has 1 aliphatic heterocycles. The lowest BCUT2D eigenvalue weighted by molar-refractivity contribution is 0.102. The first kappa shape index (κ1) is 19.3. The molecule has 0 spiro atoms. The Morgan fingerprint density at radius 1 is 1.13 bits per heavy atom. The van der Waals surface area contributed by atoms with Crippen LogP contribution in [0.3, 0.4) is 0 Å². The highest BCUT2D eigenvalue weighted by molar-refractivity contribution is 6.11. The Labute approximate surface area is 177 Å². The second kappa shape index (κ2) is 7.53. The predicted octanol–water partition coefficient (Wildman–Crippen LogP) is 3.14. The van der Waals surface area contributed by atoms with Gasteiger partial charge in [-0.25, -0.2) is 14.4 Å². The number of anilines is 1. The molecule has 10 heteroatoms. The number of nitrogens with zero attached hydrogens (tertiary/aromatic N) is 7. The summed E-state index contributed by atoms with van der Waals surface area (Å²) in [6.45, 7) is 4.42. The second-order valence-corrected chi connectivity index (χ2v) is 7.73. The van der Waals surface area contributed by atoms with Gasteiger partial charge in [0.1, 0.15) is 17.2 Å². The fraction of sp³-hybridized carbons (Fsp3) is 0.333. The van der Waals surface area contributed by atoms with E-state index in [-0.39, 0.29) is 5.69 Å². The molecule has 0 fully saturated rings. The van der Waals surface area contributed by atoms with E-state index in [1.54, 1.807) is 19.1 Å². The zero-order valence-corrected chi connectivity index (χ0v) is 17.3. The molecule has 1 aliphatic rings. The Kier molecular flexibility index (Phi) is 4.68. The van der Waals surface area contributed by atoms with Crippen LogP contribution in [0, 0.1) is 19.7 Å². The smallest absolute Gasteiger partial charge is 0.258 e. The first-order valence-corrected chi connectivity index (χ1v) is 10.2. The highest BCUT2D eigenvalue weighted by Gasteiger charge is 2.22. The van der Waals surface area contributed by atoms with E-state index in [0.717, 1.165) is 38.1 Å². The molecule has 0 saturated carbocycles. The summed E-state index contributed by atoms with van der Waals surface area (Å²) >= 11 is 0. The fourth-order valence-electron chi connectivity index (χ4n) is 3.99. The molecule has 1 amide bonds. The van der Waals surface area contributed by atoms with Crippen LogP contribution in [0.5, 0.6) is 0 Å². The standard InChI is InChI=1S/C21H21FN8O/c1-12-10-15(19-20(23-12)29-9-5-3-4-6-18(29)25-19)21(31)24-17-11-14(7-8-16(17)22)30-13(2)26-27-28-30/h7-8,10-11H,3-6,9H2,1-2H3,(H,24,31). The minimum absolute atomic E-state index is 0.0424. The summed E-state index contributed by atoms with van der Waals surface area (Å²) in [6, 6.07) is 6.02. The number of rotatable bonds is 3. The first-order valence-electron chi connectivity index (χ1n) is 10.2. The van der Waals surface area contributed by atoms with Crippen LogP contribution in [0.25, 0.3) is 16.9 Å². The summed E-state index contributed by atoms with van der Waals surface area (Å²) in [4.78, 5) is 22.5. The van der Waals surface area contributed by atoms with E-state index in [9.17, 15) is 9.18 Å². The van der Waals surface area contributed by atoms with Crippen LogP contribution in [-0.4, -0.2) is 40.6 Å². The monoisotopic (exact) mass is 420 g/mol. The maximum absolute atomic E-state index is 14.5. The number of nitrogens with one attached hydrogen (secondary N) is 1. The lowest BCUT2D eigenvalue weighted by Crippen LogP contribution is -2.15. The van der Waals surface area contributed by atoms with Crippen LogP contribution in [0.2, 0.25) is 0 Å². The van der Waals surface area contributed by atoms with Crippen LogP contribution in [0.1, 0.15) is 47.0 Å². The minimum Gasteiger partial charge on any atom is -0.319 e. The lowest BCUT2D eigenvalue weighted by atomic mass is 10.1. The molecule has 0 unspecified atom stereocenters. The summed E-state index contributed by atoms with van der Waals surface area (Å²) in [6.07, 6.45) is 4.14. The molecule has 9 nitrogen and oxygen atoms in total. The minimum atomic E-state index is -0.550. The number of imidazole rings is 1. The van der Waals surface area contributed by atoms with Gasteiger partial charge in [0.05, 0.1) is 16.9 Å². The number of tetrazole rings is 1. The quantitative estimate of drug-likeness (QED) is 0.546. The van der Waals surface area contributed by atoms with Crippen molar-refractivity contribution in [1.82, 2.24) is 34.7 Å². The van der Waals surface area contributed by atoms with E-state index in [4.69, 9.17) is 4.98 Å². The van der Waals surface area contributed by atoms with Crippen molar-refractivity contribution < 1.29 is 9.18 Å². The molecule has 1 aromatic carbocycles. The van der Waals surface area contributed by atoms with E-state index in [1.165, 1.54) is 16.8 Å². The highest BCUT2D eigenvalue weighted by Crippen LogP contribution is 2.26. The van der Waals surface area contributed by atoms with E-state index in [1.807, 2.05) is 6.92 Å². The van der Waals surface area contributed by atoms with E-state index in [2.05, 4.69) is 30.4 Å².